The Morgan fingerprint density at radius 1 is 1.54 bits per heavy atom. The Morgan fingerprint density at radius 2 is 2.38 bits per heavy atom. The summed E-state index contributed by atoms with van der Waals surface area (Å²) in [5.74, 6) is 1.08. The lowest BCUT2D eigenvalue weighted by molar-refractivity contribution is 1.14. The van der Waals surface area contributed by atoms with Crippen molar-refractivity contribution in [3.63, 3.8) is 0 Å². The zero-order valence-corrected chi connectivity index (χ0v) is 8.84. The monoisotopic (exact) mass is 194 g/mol. The van der Waals surface area contributed by atoms with Gasteiger partial charge in [-0.15, -0.1) is 11.8 Å². The smallest absolute Gasteiger partial charge is 0.116 e. The van der Waals surface area contributed by atoms with Crippen LogP contribution in [-0.4, -0.2) is 15.7 Å². The molecule has 0 atom stereocenters. The molecule has 0 spiro atoms. The van der Waals surface area contributed by atoms with E-state index in [0.717, 1.165) is 17.9 Å². The van der Waals surface area contributed by atoms with E-state index in [1.54, 1.807) is 12.5 Å². The first-order valence-corrected chi connectivity index (χ1v) is 5.46. The molecule has 3 heteroatoms. The number of aromatic nitrogens is 2. The molecule has 1 aromatic rings. The maximum Gasteiger partial charge on any atom is 0.116 e. The van der Waals surface area contributed by atoms with Crippen LogP contribution >= 0.6 is 11.8 Å². The molecule has 0 saturated carbocycles. The van der Waals surface area contributed by atoms with Crippen LogP contribution in [0.4, 0.5) is 0 Å². The fourth-order valence-corrected chi connectivity index (χ4v) is 1.88. The minimum atomic E-state index is 1.03. The summed E-state index contributed by atoms with van der Waals surface area (Å²) in [7, 11) is 0. The van der Waals surface area contributed by atoms with Gasteiger partial charge in [0.15, 0.2) is 0 Å². The van der Waals surface area contributed by atoms with Crippen molar-refractivity contribution < 1.29 is 0 Å². The van der Waals surface area contributed by atoms with Crippen LogP contribution in [0.25, 0.3) is 4.91 Å². The van der Waals surface area contributed by atoms with Gasteiger partial charge in [0.05, 0.1) is 5.69 Å². The average molecular weight is 194 g/mol. The van der Waals surface area contributed by atoms with E-state index in [1.807, 2.05) is 17.8 Å². The van der Waals surface area contributed by atoms with Crippen molar-refractivity contribution in [1.82, 2.24) is 9.97 Å². The van der Waals surface area contributed by atoms with E-state index >= 15 is 0 Å². The summed E-state index contributed by atoms with van der Waals surface area (Å²) in [6, 6.07) is 1.95. The van der Waals surface area contributed by atoms with E-state index < -0.39 is 0 Å². The lowest BCUT2D eigenvalue weighted by Crippen LogP contribution is -1.87. The highest BCUT2D eigenvalue weighted by molar-refractivity contribution is 8.08. The van der Waals surface area contributed by atoms with Gasteiger partial charge in [0.2, 0.25) is 0 Å². The molecular weight excluding hydrogens is 180 g/mol. The molecular formula is C10H14N2S. The van der Waals surface area contributed by atoms with Gasteiger partial charge in [-0.05, 0) is 18.2 Å². The zero-order chi connectivity index (χ0) is 9.52. The molecule has 0 fully saturated rings. The Hall–Kier alpha value is -0.830. The molecule has 0 aliphatic carbocycles. The van der Waals surface area contributed by atoms with E-state index in [-0.39, 0.29) is 0 Å². The molecule has 0 aliphatic rings. The average Bonchev–Trinajstić information content (AvgIpc) is 2.19. The van der Waals surface area contributed by atoms with Gasteiger partial charge >= 0.3 is 0 Å². The summed E-state index contributed by atoms with van der Waals surface area (Å²) in [6.07, 6.45) is 6.62. The lowest BCUT2D eigenvalue weighted by Gasteiger charge is -2.03. The standard InChI is InChI=1S/C10H14N2S/c1-3-5-10(13-4-2)9-6-7-11-8-12-9/h5-8H,3-4H2,1-2H3/b10-5-. The quantitative estimate of drug-likeness (QED) is 0.737. The molecule has 0 aromatic carbocycles. The fourth-order valence-electron chi connectivity index (χ4n) is 1.01. The van der Waals surface area contributed by atoms with Gasteiger partial charge in [0, 0.05) is 11.1 Å². The van der Waals surface area contributed by atoms with Crippen LogP contribution < -0.4 is 0 Å². The predicted molar refractivity (Wildman–Crippen MR) is 58.4 cm³/mol. The Labute approximate surface area is 83.5 Å². The molecule has 0 saturated heterocycles. The molecule has 0 radical (unpaired) electrons. The minimum absolute atomic E-state index is 1.03. The molecule has 0 bridgehead atoms. The van der Waals surface area contributed by atoms with E-state index in [9.17, 15) is 0 Å². The first-order chi connectivity index (χ1) is 6.38. The number of allylic oxidation sites excluding steroid dienone is 1. The highest BCUT2D eigenvalue weighted by Crippen LogP contribution is 2.25. The summed E-state index contributed by atoms with van der Waals surface area (Å²) in [6.45, 7) is 4.28. The first kappa shape index (κ1) is 10.3. The summed E-state index contributed by atoms with van der Waals surface area (Å²) in [5, 5.41) is 0. The largest absolute Gasteiger partial charge is 0.245 e. The Balaban J connectivity index is 2.83. The van der Waals surface area contributed by atoms with Crippen molar-refractivity contribution in [2.45, 2.75) is 20.3 Å². The maximum absolute atomic E-state index is 4.22. The number of hydrogen-bond acceptors (Lipinski definition) is 3. The third-order valence-corrected chi connectivity index (χ3v) is 2.50. The van der Waals surface area contributed by atoms with Crippen LogP contribution in [0.3, 0.4) is 0 Å². The fraction of sp³-hybridized carbons (Fsp3) is 0.400. The molecule has 2 nitrogen and oxygen atoms in total. The third kappa shape index (κ3) is 3.19. The molecule has 0 aliphatic heterocycles. The number of hydrogen-bond donors (Lipinski definition) is 0. The normalized spacial score (nSPS) is 11.7. The van der Waals surface area contributed by atoms with Gasteiger partial charge in [-0.2, -0.15) is 0 Å². The Kier molecular flexibility index (Phi) is 4.54. The summed E-state index contributed by atoms with van der Waals surface area (Å²) < 4.78 is 0. The number of rotatable bonds is 4. The van der Waals surface area contributed by atoms with E-state index in [4.69, 9.17) is 0 Å². The van der Waals surface area contributed by atoms with E-state index in [0.29, 0.717) is 0 Å². The number of nitrogens with zero attached hydrogens (tertiary/aromatic N) is 2. The van der Waals surface area contributed by atoms with Gasteiger partial charge in [0.1, 0.15) is 6.33 Å². The third-order valence-electron chi connectivity index (χ3n) is 1.52. The highest BCUT2D eigenvalue weighted by atomic mass is 32.2. The molecule has 0 amide bonds. The Bertz CT molecular complexity index is 270. The molecule has 13 heavy (non-hydrogen) atoms. The van der Waals surface area contributed by atoms with Crippen LogP contribution in [0.2, 0.25) is 0 Å². The van der Waals surface area contributed by atoms with Crippen LogP contribution in [-0.2, 0) is 0 Å². The highest BCUT2D eigenvalue weighted by Gasteiger charge is 2.00. The van der Waals surface area contributed by atoms with E-state index in [2.05, 4.69) is 29.9 Å². The molecule has 70 valence electrons. The molecule has 1 aromatic heterocycles. The van der Waals surface area contributed by atoms with Crippen molar-refractivity contribution in [3.8, 4) is 0 Å². The second-order valence-corrected chi connectivity index (χ2v) is 3.81. The van der Waals surface area contributed by atoms with Crippen molar-refractivity contribution in [1.29, 1.82) is 0 Å². The van der Waals surface area contributed by atoms with Crippen molar-refractivity contribution in [3.05, 3.63) is 30.4 Å². The second kappa shape index (κ2) is 5.75. The predicted octanol–water partition coefficient (Wildman–Crippen LogP) is 2.98. The van der Waals surface area contributed by atoms with Crippen LogP contribution in [0, 0.1) is 0 Å². The summed E-state index contributed by atoms with van der Waals surface area (Å²) in [4.78, 5) is 9.37. The van der Waals surface area contributed by atoms with Crippen molar-refractivity contribution in [2.75, 3.05) is 5.75 Å². The SMILES string of the molecule is CC/C=C(\SCC)c1ccncn1. The Morgan fingerprint density at radius 3 is 2.92 bits per heavy atom. The van der Waals surface area contributed by atoms with Gasteiger partial charge in [-0.3, -0.25) is 0 Å². The molecule has 0 N–H and O–H groups in total. The van der Waals surface area contributed by atoms with E-state index in [1.165, 1.54) is 4.91 Å². The van der Waals surface area contributed by atoms with Crippen LogP contribution in [0.15, 0.2) is 24.7 Å². The lowest BCUT2D eigenvalue weighted by atomic mass is 10.3. The van der Waals surface area contributed by atoms with Crippen molar-refractivity contribution in [2.24, 2.45) is 0 Å². The van der Waals surface area contributed by atoms with Gasteiger partial charge in [-0.1, -0.05) is 19.9 Å². The van der Waals surface area contributed by atoms with Crippen molar-refractivity contribution >= 4 is 16.7 Å². The summed E-state index contributed by atoms with van der Waals surface area (Å²) >= 11 is 1.82. The molecule has 1 heterocycles. The first-order valence-electron chi connectivity index (χ1n) is 4.47. The second-order valence-electron chi connectivity index (χ2n) is 2.50. The van der Waals surface area contributed by atoms with Crippen LogP contribution in [0.1, 0.15) is 26.0 Å². The van der Waals surface area contributed by atoms with Gasteiger partial charge < -0.3 is 0 Å². The zero-order valence-electron chi connectivity index (χ0n) is 8.03. The maximum atomic E-state index is 4.22. The molecule has 1 rings (SSSR count). The summed E-state index contributed by atoms with van der Waals surface area (Å²) in [5.41, 5.74) is 1.03. The van der Waals surface area contributed by atoms with Crippen LogP contribution in [0.5, 0.6) is 0 Å². The molecule has 0 unspecified atom stereocenters. The minimum Gasteiger partial charge on any atom is -0.245 e. The topological polar surface area (TPSA) is 25.8 Å². The van der Waals surface area contributed by atoms with Gasteiger partial charge in [-0.25, -0.2) is 9.97 Å². The van der Waals surface area contributed by atoms with Gasteiger partial charge in [0.25, 0.3) is 0 Å². The number of thioether (sulfide) groups is 1.